The summed E-state index contributed by atoms with van der Waals surface area (Å²) in [4.78, 5) is 25.1. The minimum atomic E-state index is -0.808. The summed E-state index contributed by atoms with van der Waals surface area (Å²) in [5, 5.41) is 11.4. The van der Waals surface area contributed by atoms with Crippen molar-refractivity contribution in [2.45, 2.75) is 11.3 Å². The number of rotatable bonds is 4. The molecule has 6 heteroatoms. The molecule has 0 atom stereocenters. The summed E-state index contributed by atoms with van der Waals surface area (Å²) < 4.78 is 0. The second-order valence-electron chi connectivity index (χ2n) is 4.53. The highest BCUT2D eigenvalue weighted by Crippen LogP contribution is 2.21. The van der Waals surface area contributed by atoms with Crippen molar-refractivity contribution in [1.29, 1.82) is 0 Å². The first-order valence-electron chi connectivity index (χ1n) is 6.00. The number of carboxylic acid groups (broad SMARTS) is 1. The van der Waals surface area contributed by atoms with Gasteiger partial charge in [-0.15, -0.1) is 11.8 Å². The Morgan fingerprint density at radius 1 is 1.37 bits per heavy atom. The molecule has 1 saturated heterocycles. The summed E-state index contributed by atoms with van der Waals surface area (Å²) in [5.41, 5.74) is 0.754. The first-order valence-corrected chi connectivity index (χ1v) is 7.22. The smallest absolute Gasteiger partial charge is 0.321 e. The molecule has 2 rings (SSSR count). The zero-order valence-electron chi connectivity index (χ0n) is 10.6. The quantitative estimate of drug-likeness (QED) is 0.831. The van der Waals surface area contributed by atoms with Gasteiger partial charge in [0.25, 0.3) is 0 Å². The van der Waals surface area contributed by atoms with Crippen LogP contribution in [0.25, 0.3) is 0 Å². The van der Waals surface area contributed by atoms with Crippen molar-refractivity contribution in [3.8, 4) is 0 Å². The van der Waals surface area contributed by atoms with Gasteiger partial charge in [0.2, 0.25) is 0 Å². The van der Waals surface area contributed by atoms with E-state index >= 15 is 0 Å². The molecule has 19 heavy (non-hydrogen) atoms. The van der Waals surface area contributed by atoms with E-state index in [1.165, 1.54) is 0 Å². The molecule has 0 unspecified atom stereocenters. The third-order valence-corrected chi connectivity index (χ3v) is 3.79. The summed E-state index contributed by atoms with van der Waals surface area (Å²) in [6.45, 7) is 1.03. The Bertz CT molecular complexity index is 469. The second kappa shape index (κ2) is 5.97. The zero-order valence-corrected chi connectivity index (χ0v) is 11.4. The predicted octanol–water partition coefficient (Wildman–Crippen LogP) is 2.35. The Morgan fingerprint density at radius 3 is 2.53 bits per heavy atom. The molecule has 0 saturated carbocycles. The lowest BCUT2D eigenvalue weighted by atomic mass is 9.97. The van der Waals surface area contributed by atoms with Crippen molar-refractivity contribution in [2.75, 3.05) is 24.7 Å². The molecule has 0 spiro atoms. The fourth-order valence-corrected chi connectivity index (χ4v) is 2.40. The number of anilines is 1. The molecule has 5 nitrogen and oxygen atoms in total. The van der Waals surface area contributed by atoms with Gasteiger partial charge in [-0.2, -0.15) is 0 Å². The second-order valence-corrected chi connectivity index (χ2v) is 5.41. The summed E-state index contributed by atoms with van der Waals surface area (Å²) in [7, 11) is 0. The van der Waals surface area contributed by atoms with Gasteiger partial charge in [0, 0.05) is 29.6 Å². The maximum Gasteiger partial charge on any atom is 0.321 e. The number of urea groups is 1. The Balaban J connectivity index is 1.80. The number of nitrogens with one attached hydrogen (secondary N) is 1. The minimum Gasteiger partial charge on any atom is -0.481 e. The maximum absolute atomic E-state index is 11.8. The van der Waals surface area contributed by atoms with Gasteiger partial charge in [-0.1, -0.05) is 0 Å². The van der Waals surface area contributed by atoms with Gasteiger partial charge >= 0.3 is 12.0 Å². The fourth-order valence-electron chi connectivity index (χ4n) is 1.99. The van der Waals surface area contributed by atoms with Crippen LogP contribution in [0.15, 0.2) is 29.2 Å². The summed E-state index contributed by atoms with van der Waals surface area (Å²) in [5.74, 6) is -0.722. The van der Waals surface area contributed by atoms with Crippen LogP contribution >= 0.6 is 11.8 Å². The third kappa shape index (κ3) is 3.64. The van der Waals surface area contributed by atoms with Crippen LogP contribution in [0, 0.1) is 5.92 Å². The predicted molar refractivity (Wildman–Crippen MR) is 74.6 cm³/mol. The highest BCUT2D eigenvalue weighted by atomic mass is 32.2. The normalized spacial score (nSPS) is 14.9. The number of nitrogens with zero attached hydrogens (tertiary/aromatic N) is 1. The fraction of sp³-hybridized carbons (Fsp3) is 0.385. The number of likely N-dealkylation sites (tertiary alicyclic amines) is 1. The molecular formula is C13H16N2O3S. The number of carbonyl (C=O) groups excluding carboxylic acids is 1. The lowest BCUT2D eigenvalue weighted by Crippen LogP contribution is -2.52. The number of carboxylic acids is 1. The van der Waals surface area contributed by atoms with E-state index in [4.69, 9.17) is 5.11 Å². The molecule has 0 bridgehead atoms. The number of aliphatic carboxylic acids is 1. The largest absolute Gasteiger partial charge is 0.481 e. The number of thioether (sulfide) groups is 1. The molecule has 1 aromatic carbocycles. The Labute approximate surface area is 116 Å². The van der Waals surface area contributed by atoms with Gasteiger partial charge in [-0.25, -0.2) is 4.79 Å². The lowest BCUT2D eigenvalue weighted by molar-refractivity contribution is -0.139. The van der Waals surface area contributed by atoms with Crippen LogP contribution in [0.2, 0.25) is 0 Å². The number of carbonyl (C=O) groups is 2. The number of hydrogen-bond donors (Lipinski definition) is 2. The third-order valence-electron chi connectivity index (χ3n) is 3.05. The van der Waals surface area contributed by atoms with Crippen molar-refractivity contribution in [3.63, 3.8) is 0 Å². The van der Waals surface area contributed by atoms with E-state index in [2.05, 4.69) is 5.32 Å². The van der Waals surface area contributed by atoms with Crippen LogP contribution in [0.5, 0.6) is 0 Å². The molecule has 1 fully saturated rings. The molecule has 0 aliphatic carbocycles. The van der Waals surface area contributed by atoms with E-state index < -0.39 is 5.97 Å². The number of hydrogen-bond acceptors (Lipinski definition) is 3. The van der Waals surface area contributed by atoms with Crippen LogP contribution in [-0.4, -0.2) is 41.4 Å². The molecule has 1 aliphatic rings. The Hall–Kier alpha value is -1.69. The summed E-state index contributed by atoms with van der Waals surface area (Å²) in [6, 6.07) is 7.45. The average Bonchev–Trinajstić information content (AvgIpc) is 2.33. The first-order chi connectivity index (χ1) is 9.08. The Kier molecular flexibility index (Phi) is 4.31. The monoisotopic (exact) mass is 280 g/mol. The maximum atomic E-state index is 11.8. The van der Waals surface area contributed by atoms with Crippen LogP contribution in [-0.2, 0) is 4.79 Å². The van der Waals surface area contributed by atoms with Crippen molar-refractivity contribution in [1.82, 2.24) is 4.90 Å². The highest BCUT2D eigenvalue weighted by molar-refractivity contribution is 7.98. The van der Waals surface area contributed by atoms with Crippen LogP contribution in [0.1, 0.15) is 6.42 Å². The van der Waals surface area contributed by atoms with Gasteiger partial charge in [0.1, 0.15) is 0 Å². The van der Waals surface area contributed by atoms with Crippen LogP contribution in [0.3, 0.4) is 0 Å². The van der Waals surface area contributed by atoms with Crippen molar-refractivity contribution >= 4 is 29.4 Å². The number of amides is 2. The molecule has 1 heterocycles. The van der Waals surface area contributed by atoms with Crippen molar-refractivity contribution in [2.24, 2.45) is 5.92 Å². The molecule has 0 aromatic heterocycles. The summed E-state index contributed by atoms with van der Waals surface area (Å²) in [6.07, 6.45) is 2.13. The molecule has 0 radical (unpaired) electrons. The SMILES string of the molecule is CSc1ccc(NC(=O)N2CC(CC(=O)O)C2)cc1. The average molecular weight is 280 g/mol. The van der Waals surface area contributed by atoms with E-state index in [0.29, 0.717) is 13.1 Å². The van der Waals surface area contributed by atoms with E-state index in [-0.39, 0.29) is 18.4 Å². The Morgan fingerprint density at radius 2 is 2.00 bits per heavy atom. The van der Waals surface area contributed by atoms with E-state index in [1.54, 1.807) is 16.7 Å². The van der Waals surface area contributed by atoms with Crippen LogP contribution in [0.4, 0.5) is 10.5 Å². The highest BCUT2D eigenvalue weighted by Gasteiger charge is 2.31. The molecule has 1 aromatic rings. The number of benzene rings is 1. The van der Waals surface area contributed by atoms with Crippen LogP contribution < -0.4 is 5.32 Å². The molecule has 102 valence electrons. The standard InChI is InChI=1S/C13H16N2O3S/c1-19-11-4-2-10(3-5-11)14-13(18)15-7-9(8-15)6-12(16)17/h2-5,9H,6-8H2,1H3,(H,14,18)(H,16,17). The minimum absolute atomic E-state index is 0.0853. The lowest BCUT2D eigenvalue weighted by Gasteiger charge is -2.38. The van der Waals surface area contributed by atoms with Gasteiger partial charge in [0.05, 0.1) is 6.42 Å². The van der Waals surface area contributed by atoms with Crippen molar-refractivity contribution in [3.05, 3.63) is 24.3 Å². The van der Waals surface area contributed by atoms with Crippen molar-refractivity contribution < 1.29 is 14.7 Å². The van der Waals surface area contributed by atoms with Gasteiger partial charge in [-0.05, 0) is 30.5 Å². The molecular weight excluding hydrogens is 264 g/mol. The summed E-state index contributed by atoms with van der Waals surface area (Å²) >= 11 is 1.65. The van der Waals surface area contributed by atoms with E-state index in [9.17, 15) is 9.59 Å². The van der Waals surface area contributed by atoms with E-state index in [0.717, 1.165) is 10.6 Å². The van der Waals surface area contributed by atoms with Gasteiger partial charge in [0.15, 0.2) is 0 Å². The first kappa shape index (κ1) is 13.7. The van der Waals surface area contributed by atoms with Gasteiger partial charge in [-0.3, -0.25) is 4.79 Å². The van der Waals surface area contributed by atoms with E-state index in [1.807, 2.05) is 30.5 Å². The molecule has 2 amide bonds. The molecule has 2 N–H and O–H groups in total. The topological polar surface area (TPSA) is 69.6 Å². The molecule has 1 aliphatic heterocycles. The zero-order chi connectivity index (χ0) is 13.8. The van der Waals surface area contributed by atoms with Gasteiger partial charge < -0.3 is 15.3 Å².